The molecule has 0 spiro atoms. The second-order valence-electron chi connectivity index (χ2n) is 6.36. The van der Waals surface area contributed by atoms with Crippen LogP contribution in [0.2, 0.25) is 0 Å². The number of hydrogen-bond donors (Lipinski definition) is 1. The van der Waals surface area contributed by atoms with Gasteiger partial charge in [-0.25, -0.2) is 18.0 Å². The second kappa shape index (κ2) is 8.67. The summed E-state index contributed by atoms with van der Waals surface area (Å²) in [6.45, 7) is -0.288. The molecule has 8 nitrogen and oxygen atoms in total. The highest BCUT2D eigenvalue weighted by Gasteiger charge is 2.49. The number of carbonyl (C=O) groups is 2. The van der Waals surface area contributed by atoms with Crippen molar-refractivity contribution in [1.82, 2.24) is 4.31 Å². The van der Waals surface area contributed by atoms with Crippen molar-refractivity contribution in [2.24, 2.45) is 0 Å². The molecule has 0 aliphatic carbocycles. The van der Waals surface area contributed by atoms with Crippen molar-refractivity contribution in [3.8, 4) is 0 Å². The van der Waals surface area contributed by atoms with Crippen LogP contribution in [0.1, 0.15) is 40.0 Å². The smallest absolute Gasteiger partial charge is 0.415 e. The highest BCUT2D eigenvalue weighted by atomic mass is 32.2. The van der Waals surface area contributed by atoms with Crippen LogP contribution in [-0.4, -0.2) is 68.9 Å². The molecule has 162 valence electrons. The van der Waals surface area contributed by atoms with Gasteiger partial charge in [0.15, 0.2) is 6.10 Å². The molecule has 1 saturated heterocycles. The zero-order valence-corrected chi connectivity index (χ0v) is 16.4. The summed E-state index contributed by atoms with van der Waals surface area (Å²) in [6, 6.07) is 1.24. The fraction of sp³-hybridized carbons (Fsp3) is 0.529. The third kappa shape index (κ3) is 4.70. The van der Waals surface area contributed by atoms with E-state index in [0.717, 1.165) is 32.4 Å². The summed E-state index contributed by atoms with van der Waals surface area (Å²) >= 11 is 0. The molecule has 29 heavy (non-hydrogen) atoms. The van der Waals surface area contributed by atoms with E-state index in [1.165, 1.54) is 0 Å². The van der Waals surface area contributed by atoms with Gasteiger partial charge < -0.3 is 14.6 Å². The minimum absolute atomic E-state index is 0.218. The average molecular weight is 439 g/mol. The van der Waals surface area contributed by atoms with Crippen LogP contribution in [-0.2, 0) is 19.5 Å². The first-order valence-electron chi connectivity index (χ1n) is 8.52. The highest BCUT2D eigenvalue weighted by molar-refractivity contribution is 7.89. The Bertz CT molecular complexity index is 886. The Balaban J connectivity index is 2.62. The van der Waals surface area contributed by atoms with Crippen LogP contribution in [0.4, 0.5) is 13.2 Å². The SMILES string of the molecule is COC(=O)c1ccc(C(=O)OC)c(S(=O)(=O)N2CCCC[C@H]2[C@H](O)C(F)(F)F)c1. The molecule has 12 heteroatoms. The molecular formula is C17H20F3NO7S. The maximum Gasteiger partial charge on any atom is 0.415 e. The molecule has 0 unspecified atom stereocenters. The van der Waals surface area contributed by atoms with E-state index in [1.54, 1.807) is 0 Å². The summed E-state index contributed by atoms with van der Waals surface area (Å²) in [4.78, 5) is 23.1. The van der Waals surface area contributed by atoms with Crippen LogP contribution in [0.3, 0.4) is 0 Å². The summed E-state index contributed by atoms with van der Waals surface area (Å²) < 4.78 is 75.2. The number of sulfonamides is 1. The number of hydrogen-bond acceptors (Lipinski definition) is 7. The number of carbonyl (C=O) groups excluding carboxylic acids is 2. The fourth-order valence-corrected chi connectivity index (χ4v) is 5.05. The largest absolute Gasteiger partial charge is 0.465 e. The normalized spacial score (nSPS) is 19.4. The lowest BCUT2D eigenvalue weighted by Gasteiger charge is -2.38. The Hall–Kier alpha value is -2.18. The van der Waals surface area contributed by atoms with Crippen LogP contribution in [0, 0.1) is 0 Å². The molecule has 1 aromatic rings. The van der Waals surface area contributed by atoms with Crippen LogP contribution >= 0.6 is 0 Å². The highest BCUT2D eigenvalue weighted by Crippen LogP contribution is 2.34. The summed E-state index contributed by atoms with van der Waals surface area (Å²) in [6.07, 6.45) is -7.60. The van der Waals surface area contributed by atoms with Gasteiger partial charge in [0.1, 0.15) is 0 Å². The summed E-state index contributed by atoms with van der Waals surface area (Å²) in [5.41, 5.74) is -0.672. The topological polar surface area (TPSA) is 110 Å². The number of halogens is 3. The molecule has 0 bridgehead atoms. The van der Waals surface area contributed by atoms with E-state index in [2.05, 4.69) is 9.47 Å². The Kier molecular flexibility index (Phi) is 6.91. The molecule has 1 aliphatic rings. The zero-order valence-electron chi connectivity index (χ0n) is 15.6. The first-order valence-corrected chi connectivity index (χ1v) is 9.96. The van der Waals surface area contributed by atoms with Crippen LogP contribution < -0.4 is 0 Å². The van der Waals surface area contributed by atoms with Gasteiger partial charge in [0.25, 0.3) is 0 Å². The van der Waals surface area contributed by atoms with Gasteiger partial charge in [-0.05, 0) is 31.0 Å². The number of rotatable bonds is 5. The van der Waals surface area contributed by atoms with E-state index >= 15 is 0 Å². The van der Waals surface area contributed by atoms with Crippen LogP contribution in [0.25, 0.3) is 0 Å². The molecule has 1 fully saturated rings. The number of piperidine rings is 1. The van der Waals surface area contributed by atoms with Crippen LogP contribution in [0.15, 0.2) is 23.1 Å². The van der Waals surface area contributed by atoms with Crippen molar-refractivity contribution in [3.63, 3.8) is 0 Å². The molecule has 2 atom stereocenters. The summed E-state index contributed by atoms with van der Waals surface area (Å²) in [5.74, 6) is -1.95. The predicted octanol–water partition coefficient (Wildman–Crippen LogP) is 1.73. The number of nitrogens with zero attached hydrogens (tertiary/aromatic N) is 1. The van der Waals surface area contributed by atoms with Crippen molar-refractivity contribution in [1.29, 1.82) is 0 Å². The standard InChI is InChI=1S/C17H20F3NO7S/c1-27-15(23)10-6-7-11(16(24)28-2)13(9-10)29(25,26)21-8-4-3-5-12(21)14(22)17(18,19)20/h6-7,9,12,14,22H,3-5,8H2,1-2H3/t12-,14-/m0/s1. The fourth-order valence-electron chi connectivity index (χ4n) is 3.15. The van der Waals surface area contributed by atoms with Crippen molar-refractivity contribution < 1.29 is 45.8 Å². The number of methoxy groups -OCH3 is 2. The van der Waals surface area contributed by atoms with E-state index < -0.39 is 50.7 Å². The first kappa shape index (κ1) is 23.1. The molecule has 1 aliphatic heterocycles. The second-order valence-corrected chi connectivity index (χ2v) is 8.22. The number of ether oxygens (including phenoxy) is 2. The lowest BCUT2D eigenvalue weighted by atomic mass is 9.99. The Labute approximate surface area is 165 Å². The average Bonchev–Trinajstić information content (AvgIpc) is 2.70. The number of benzene rings is 1. The van der Waals surface area contributed by atoms with E-state index in [0.29, 0.717) is 4.31 Å². The van der Waals surface area contributed by atoms with E-state index in [9.17, 15) is 36.3 Å². The molecule has 1 N–H and O–H groups in total. The Morgan fingerprint density at radius 2 is 1.79 bits per heavy atom. The van der Waals surface area contributed by atoms with Gasteiger partial charge in [0, 0.05) is 6.54 Å². The van der Waals surface area contributed by atoms with Gasteiger partial charge in [-0.15, -0.1) is 0 Å². The first-order chi connectivity index (χ1) is 13.4. The molecule has 1 aromatic carbocycles. The van der Waals surface area contributed by atoms with E-state index in [-0.39, 0.29) is 31.4 Å². The predicted molar refractivity (Wildman–Crippen MR) is 92.7 cm³/mol. The van der Waals surface area contributed by atoms with Crippen LogP contribution in [0.5, 0.6) is 0 Å². The van der Waals surface area contributed by atoms with Crippen molar-refractivity contribution in [2.45, 2.75) is 42.5 Å². The maximum absolute atomic E-state index is 13.2. The van der Waals surface area contributed by atoms with Gasteiger partial charge >= 0.3 is 18.1 Å². The number of aliphatic hydroxyl groups is 1. The van der Waals surface area contributed by atoms with E-state index in [4.69, 9.17) is 0 Å². The maximum atomic E-state index is 13.2. The summed E-state index contributed by atoms with van der Waals surface area (Å²) in [5, 5.41) is 9.70. The van der Waals surface area contributed by atoms with Crippen molar-refractivity contribution in [3.05, 3.63) is 29.3 Å². The van der Waals surface area contributed by atoms with Gasteiger partial charge in [-0.2, -0.15) is 17.5 Å². The Morgan fingerprint density at radius 1 is 1.17 bits per heavy atom. The van der Waals surface area contributed by atoms with Gasteiger partial charge in [-0.3, -0.25) is 0 Å². The van der Waals surface area contributed by atoms with Crippen molar-refractivity contribution in [2.75, 3.05) is 20.8 Å². The molecule has 0 amide bonds. The van der Waals surface area contributed by atoms with Gasteiger partial charge in [0.05, 0.1) is 36.3 Å². The number of esters is 2. The minimum Gasteiger partial charge on any atom is -0.465 e. The molecule has 0 aromatic heterocycles. The van der Waals surface area contributed by atoms with Gasteiger partial charge in [0.2, 0.25) is 10.0 Å². The molecule has 2 rings (SSSR count). The molecule has 0 radical (unpaired) electrons. The zero-order chi connectivity index (χ0) is 22.0. The van der Waals surface area contributed by atoms with E-state index in [1.807, 2.05) is 0 Å². The molecule has 0 saturated carbocycles. The number of alkyl halides is 3. The summed E-state index contributed by atoms with van der Waals surface area (Å²) in [7, 11) is -2.64. The molecular weight excluding hydrogens is 419 g/mol. The quantitative estimate of drug-likeness (QED) is 0.696. The van der Waals surface area contributed by atoms with Crippen molar-refractivity contribution >= 4 is 22.0 Å². The lowest BCUT2D eigenvalue weighted by molar-refractivity contribution is -0.219. The third-order valence-electron chi connectivity index (χ3n) is 4.59. The molecule has 1 heterocycles. The van der Waals surface area contributed by atoms with Gasteiger partial charge in [-0.1, -0.05) is 6.42 Å². The third-order valence-corrected chi connectivity index (χ3v) is 6.56. The lowest BCUT2D eigenvalue weighted by Crippen LogP contribution is -2.54. The Morgan fingerprint density at radius 3 is 2.34 bits per heavy atom. The monoisotopic (exact) mass is 439 g/mol. The number of aliphatic hydroxyl groups excluding tert-OH is 1. The minimum atomic E-state index is -5.03.